The number of aryl methyl sites for hydroxylation is 1. The molecule has 2 atom stereocenters. The van der Waals surface area contributed by atoms with Crippen LogP contribution in [-0.2, 0) is 13.0 Å². The van der Waals surface area contributed by atoms with Gasteiger partial charge in [0.25, 0.3) is 0 Å². The fourth-order valence-electron chi connectivity index (χ4n) is 2.63. The quantitative estimate of drug-likeness (QED) is 0.727. The highest BCUT2D eigenvalue weighted by atomic mass is 16.3. The van der Waals surface area contributed by atoms with E-state index >= 15 is 0 Å². The summed E-state index contributed by atoms with van der Waals surface area (Å²) < 4.78 is 1.89. The van der Waals surface area contributed by atoms with Crippen molar-refractivity contribution in [3.8, 4) is 0 Å². The summed E-state index contributed by atoms with van der Waals surface area (Å²) in [6.07, 6.45) is 2.59. The van der Waals surface area contributed by atoms with Gasteiger partial charge in [-0.25, -0.2) is 9.67 Å². The van der Waals surface area contributed by atoms with Crippen molar-refractivity contribution in [2.45, 2.75) is 37.8 Å². The zero-order valence-corrected chi connectivity index (χ0v) is 9.63. The van der Waals surface area contributed by atoms with Gasteiger partial charge in [0.1, 0.15) is 5.82 Å². The molecule has 16 heavy (non-hydrogen) atoms. The van der Waals surface area contributed by atoms with Gasteiger partial charge in [0.15, 0.2) is 5.82 Å². The number of nitrogens with zero attached hydrogens (tertiary/aromatic N) is 4. The first-order valence-corrected chi connectivity index (χ1v) is 6.02. The molecule has 1 N–H and O–H groups in total. The van der Waals surface area contributed by atoms with Gasteiger partial charge in [-0.3, -0.25) is 0 Å². The number of aromatic nitrogens is 3. The van der Waals surface area contributed by atoms with Gasteiger partial charge >= 0.3 is 0 Å². The Balaban J connectivity index is 1.82. The summed E-state index contributed by atoms with van der Waals surface area (Å²) in [6, 6.07) is 0. The minimum absolute atomic E-state index is 0.242. The molecule has 0 aromatic carbocycles. The highest BCUT2D eigenvalue weighted by Crippen LogP contribution is 2.25. The molecule has 0 amide bonds. The van der Waals surface area contributed by atoms with Crippen molar-refractivity contribution < 1.29 is 5.11 Å². The Morgan fingerprint density at radius 1 is 1.31 bits per heavy atom. The van der Waals surface area contributed by atoms with Gasteiger partial charge in [-0.05, 0) is 26.4 Å². The number of aliphatic hydroxyl groups is 1. The van der Waals surface area contributed by atoms with Crippen molar-refractivity contribution in [3.05, 3.63) is 11.6 Å². The molecule has 2 unspecified atom stereocenters. The fourth-order valence-corrected chi connectivity index (χ4v) is 2.63. The third-order valence-corrected chi connectivity index (χ3v) is 3.61. The predicted molar refractivity (Wildman–Crippen MR) is 59.2 cm³/mol. The molecule has 1 aromatic heterocycles. The second-order valence-corrected chi connectivity index (χ2v) is 5.01. The molecule has 3 heterocycles. The van der Waals surface area contributed by atoms with Gasteiger partial charge in [0.2, 0.25) is 0 Å². The maximum Gasteiger partial charge on any atom is 0.155 e. The van der Waals surface area contributed by atoms with Gasteiger partial charge in [0.05, 0.1) is 12.6 Å². The topological polar surface area (TPSA) is 54.2 Å². The van der Waals surface area contributed by atoms with Crippen LogP contribution in [0.25, 0.3) is 0 Å². The number of hydrogen-bond donors (Lipinski definition) is 1. The summed E-state index contributed by atoms with van der Waals surface area (Å²) in [6.45, 7) is 2.81. The molecule has 1 saturated heterocycles. The Hall–Kier alpha value is -0.940. The third kappa shape index (κ3) is 1.74. The lowest BCUT2D eigenvalue weighted by Crippen LogP contribution is -2.25. The maximum atomic E-state index is 9.58. The van der Waals surface area contributed by atoms with Crippen LogP contribution in [0.15, 0.2) is 0 Å². The van der Waals surface area contributed by atoms with Crippen LogP contribution in [-0.4, -0.2) is 51.0 Å². The van der Waals surface area contributed by atoms with E-state index in [9.17, 15) is 5.11 Å². The average Bonchev–Trinajstić information content (AvgIpc) is 2.83. The monoisotopic (exact) mass is 222 g/mol. The molecule has 5 nitrogen and oxygen atoms in total. The van der Waals surface area contributed by atoms with Crippen LogP contribution in [0.4, 0.5) is 0 Å². The van der Waals surface area contributed by atoms with Crippen molar-refractivity contribution in [2.24, 2.45) is 0 Å². The third-order valence-electron chi connectivity index (χ3n) is 3.61. The smallest absolute Gasteiger partial charge is 0.155 e. The van der Waals surface area contributed by atoms with E-state index in [1.807, 2.05) is 4.68 Å². The first-order valence-electron chi connectivity index (χ1n) is 6.02. The summed E-state index contributed by atoms with van der Waals surface area (Å²) >= 11 is 0. The normalized spacial score (nSPS) is 30.6. The number of likely N-dealkylation sites (N-methyl/N-ethyl adjacent to an activating group) is 1. The largest absolute Gasteiger partial charge is 0.391 e. The maximum absolute atomic E-state index is 9.58. The molecule has 0 radical (unpaired) electrons. The summed E-state index contributed by atoms with van der Waals surface area (Å²) in [5.74, 6) is 2.52. The number of aliphatic hydroxyl groups excluding tert-OH is 1. The van der Waals surface area contributed by atoms with Crippen molar-refractivity contribution in [1.82, 2.24) is 19.7 Å². The van der Waals surface area contributed by atoms with Gasteiger partial charge in [0, 0.05) is 18.9 Å². The molecule has 1 aromatic rings. The lowest BCUT2D eigenvalue weighted by molar-refractivity contribution is 0.124. The number of rotatable bonds is 1. The molecular formula is C11H18N4O. The molecule has 0 bridgehead atoms. The Morgan fingerprint density at radius 3 is 2.94 bits per heavy atom. The zero-order valence-electron chi connectivity index (χ0n) is 9.63. The molecule has 0 aliphatic carbocycles. The molecule has 0 saturated carbocycles. The standard InChI is InChI=1S/C11H18N4O/c1-14-5-4-8(6-14)11-12-10-3-2-9(16)7-15(10)13-11/h8-9,16H,2-7H2,1H3. The van der Waals surface area contributed by atoms with Gasteiger partial charge in [-0.15, -0.1) is 0 Å². The molecular weight excluding hydrogens is 204 g/mol. The van der Waals surface area contributed by atoms with Crippen LogP contribution >= 0.6 is 0 Å². The van der Waals surface area contributed by atoms with E-state index in [0.717, 1.165) is 44.0 Å². The van der Waals surface area contributed by atoms with E-state index in [1.165, 1.54) is 0 Å². The van der Waals surface area contributed by atoms with Crippen LogP contribution in [0.2, 0.25) is 0 Å². The lowest BCUT2D eigenvalue weighted by atomic mass is 10.1. The van der Waals surface area contributed by atoms with Crippen LogP contribution in [0, 0.1) is 0 Å². The van der Waals surface area contributed by atoms with Crippen molar-refractivity contribution in [1.29, 1.82) is 0 Å². The first-order chi connectivity index (χ1) is 7.72. The Morgan fingerprint density at radius 2 is 2.19 bits per heavy atom. The van der Waals surface area contributed by atoms with E-state index in [4.69, 9.17) is 0 Å². The van der Waals surface area contributed by atoms with Crippen molar-refractivity contribution in [2.75, 3.05) is 20.1 Å². The van der Waals surface area contributed by atoms with Gasteiger partial charge < -0.3 is 10.0 Å². The lowest BCUT2D eigenvalue weighted by Gasteiger charge is -2.16. The van der Waals surface area contributed by atoms with E-state index < -0.39 is 0 Å². The van der Waals surface area contributed by atoms with E-state index in [2.05, 4.69) is 22.0 Å². The van der Waals surface area contributed by atoms with Crippen molar-refractivity contribution >= 4 is 0 Å². The molecule has 3 rings (SSSR count). The zero-order chi connectivity index (χ0) is 11.1. The van der Waals surface area contributed by atoms with Crippen LogP contribution < -0.4 is 0 Å². The average molecular weight is 222 g/mol. The molecule has 2 aliphatic heterocycles. The second-order valence-electron chi connectivity index (χ2n) is 5.01. The minimum Gasteiger partial charge on any atom is -0.391 e. The van der Waals surface area contributed by atoms with E-state index in [-0.39, 0.29) is 6.10 Å². The number of hydrogen-bond acceptors (Lipinski definition) is 4. The fraction of sp³-hybridized carbons (Fsp3) is 0.818. The summed E-state index contributed by atoms with van der Waals surface area (Å²) in [7, 11) is 2.14. The molecule has 0 spiro atoms. The Bertz CT molecular complexity index is 389. The number of likely N-dealkylation sites (tertiary alicyclic amines) is 1. The van der Waals surface area contributed by atoms with E-state index in [0.29, 0.717) is 12.5 Å². The highest BCUT2D eigenvalue weighted by Gasteiger charge is 2.27. The molecule has 1 fully saturated rings. The van der Waals surface area contributed by atoms with Crippen LogP contribution in [0.3, 0.4) is 0 Å². The molecule has 5 heteroatoms. The SMILES string of the molecule is CN1CCC(c2nc3n(n2)CC(O)CC3)C1. The van der Waals surface area contributed by atoms with Crippen molar-refractivity contribution in [3.63, 3.8) is 0 Å². The summed E-state index contributed by atoms with van der Waals surface area (Å²) in [5, 5.41) is 14.1. The van der Waals surface area contributed by atoms with Gasteiger partial charge in [-0.2, -0.15) is 5.10 Å². The Kier molecular flexibility index (Phi) is 2.44. The summed E-state index contributed by atoms with van der Waals surface area (Å²) in [5.41, 5.74) is 0. The summed E-state index contributed by atoms with van der Waals surface area (Å²) in [4.78, 5) is 6.93. The minimum atomic E-state index is -0.242. The van der Waals surface area contributed by atoms with Crippen LogP contribution in [0.5, 0.6) is 0 Å². The molecule has 2 aliphatic rings. The van der Waals surface area contributed by atoms with Gasteiger partial charge in [-0.1, -0.05) is 0 Å². The van der Waals surface area contributed by atoms with Crippen LogP contribution in [0.1, 0.15) is 30.4 Å². The molecule has 88 valence electrons. The first kappa shape index (κ1) is 10.2. The van der Waals surface area contributed by atoms with E-state index in [1.54, 1.807) is 0 Å². The Labute approximate surface area is 95.1 Å². The number of fused-ring (bicyclic) bond motifs is 1. The highest BCUT2D eigenvalue weighted by molar-refractivity contribution is 5.04. The second kappa shape index (κ2) is 3.82. The predicted octanol–water partition coefficient (Wildman–Crippen LogP) is 0.00430.